The molecule has 0 atom stereocenters. The highest BCUT2D eigenvalue weighted by molar-refractivity contribution is 8.00. The molecular weight excluding hydrogens is 396 g/mol. The number of hydrogen-bond donors (Lipinski definition) is 2. The molecule has 0 saturated heterocycles. The topological polar surface area (TPSA) is 124 Å². The fourth-order valence-electron chi connectivity index (χ4n) is 3.19. The molecule has 3 aromatic rings. The standard InChI is InChI=1S/C23H18N4O2S/c1-13-6-7-17(14(2)8-13)20(29)12-30-23-19(11-25)21(18(10-24)22(26)27-23)15-4-3-5-16(28)9-15/h3-9,28H,12H2,1-2H3,(H2,26,27). The van der Waals surface area contributed by atoms with Crippen LogP contribution in [0.4, 0.5) is 5.82 Å². The number of rotatable bonds is 5. The lowest BCUT2D eigenvalue weighted by molar-refractivity contribution is 0.102. The van der Waals surface area contributed by atoms with Crippen LogP contribution in [0.25, 0.3) is 11.1 Å². The molecule has 0 aliphatic carbocycles. The Balaban J connectivity index is 2.03. The summed E-state index contributed by atoms with van der Waals surface area (Å²) in [4.78, 5) is 16.9. The van der Waals surface area contributed by atoms with Crippen LogP contribution in [0.3, 0.4) is 0 Å². The number of phenolic OH excluding ortho intramolecular Hbond substituents is 1. The van der Waals surface area contributed by atoms with Gasteiger partial charge in [-0.1, -0.05) is 47.7 Å². The Bertz CT molecular complexity index is 1240. The molecular formula is C23H18N4O2S. The maximum absolute atomic E-state index is 12.7. The van der Waals surface area contributed by atoms with Crippen molar-refractivity contribution < 1.29 is 9.90 Å². The van der Waals surface area contributed by atoms with Crippen LogP contribution in [0.1, 0.15) is 32.6 Å². The second kappa shape index (κ2) is 8.69. The van der Waals surface area contributed by atoms with Crippen molar-refractivity contribution >= 4 is 23.4 Å². The van der Waals surface area contributed by atoms with Crippen LogP contribution in [0.15, 0.2) is 47.5 Å². The summed E-state index contributed by atoms with van der Waals surface area (Å²) >= 11 is 1.10. The highest BCUT2D eigenvalue weighted by atomic mass is 32.2. The normalized spacial score (nSPS) is 10.3. The molecule has 0 fully saturated rings. The van der Waals surface area contributed by atoms with Crippen molar-refractivity contribution in [3.8, 4) is 29.0 Å². The Labute approximate surface area is 178 Å². The van der Waals surface area contributed by atoms with Crippen LogP contribution in [0, 0.1) is 36.5 Å². The minimum atomic E-state index is -0.0926. The minimum absolute atomic E-state index is 0.00473. The monoisotopic (exact) mass is 414 g/mol. The Hall–Kier alpha value is -3.81. The Morgan fingerprint density at radius 2 is 1.87 bits per heavy atom. The zero-order valence-corrected chi connectivity index (χ0v) is 17.2. The van der Waals surface area contributed by atoms with Gasteiger partial charge in [-0.25, -0.2) is 4.98 Å². The quantitative estimate of drug-likeness (QED) is 0.469. The fraction of sp³-hybridized carbons (Fsp3) is 0.130. The van der Waals surface area contributed by atoms with E-state index in [0.717, 1.165) is 22.9 Å². The lowest BCUT2D eigenvalue weighted by atomic mass is 9.97. The van der Waals surface area contributed by atoms with Crippen molar-refractivity contribution in [2.75, 3.05) is 11.5 Å². The summed E-state index contributed by atoms with van der Waals surface area (Å²) in [6.45, 7) is 3.84. The van der Waals surface area contributed by atoms with Crippen molar-refractivity contribution in [3.63, 3.8) is 0 Å². The molecule has 0 aliphatic rings. The maximum Gasteiger partial charge on any atom is 0.173 e. The predicted molar refractivity (Wildman–Crippen MR) is 116 cm³/mol. The summed E-state index contributed by atoms with van der Waals surface area (Å²) in [7, 11) is 0. The van der Waals surface area contributed by atoms with Gasteiger partial charge in [0.1, 0.15) is 34.3 Å². The lowest BCUT2D eigenvalue weighted by Crippen LogP contribution is -2.07. The van der Waals surface area contributed by atoms with Crippen LogP contribution >= 0.6 is 11.8 Å². The lowest BCUT2D eigenvalue weighted by Gasteiger charge is -2.13. The van der Waals surface area contributed by atoms with E-state index in [0.29, 0.717) is 16.7 Å². The van der Waals surface area contributed by atoms with Gasteiger partial charge in [0.25, 0.3) is 0 Å². The van der Waals surface area contributed by atoms with E-state index in [9.17, 15) is 20.4 Å². The zero-order valence-electron chi connectivity index (χ0n) is 16.4. The van der Waals surface area contributed by atoms with Gasteiger partial charge < -0.3 is 10.8 Å². The number of anilines is 1. The van der Waals surface area contributed by atoms with Gasteiger partial charge in [0, 0.05) is 11.1 Å². The molecule has 0 radical (unpaired) electrons. The van der Waals surface area contributed by atoms with E-state index in [1.54, 1.807) is 18.2 Å². The van der Waals surface area contributed by atoms with Crippen LogP contribution in [0.2, 0.25) is 0 Å². The predicted octanol–water partition coefficient (Wildman–Crippen LogP) is 4.37. The summed E-state index contributed by atoms with van der Waals surface area (Å²) < 4.78 is 0. The molecule has 0 saturated carbocycles. The van der Waals surface area contributed by atoms with Gasteiger partial charge in [-0.05, 0) is 37.1 Å². The number of nitrogen functional groups attached to an aromatic ring is 1. The van der Waals surface area contributed by atoms with E-state index >= 15 is 0 Å². The molecule has 148 valence electrons. The number of ketones is 1. The molecule has 0 amide bonds. The van der Waals surface area contributed by atoms with Crippen LogP contribution in [-0.4, -0.2) is 21.6 Å². The molecule has 30 heavy (non-hydrogen) atoms. The highest BCUT2D eigenvalue weighted by Crippen LogP contribution is 2.36. The molecule has 6 nitrogen and oxygen atoms in total. The van der Waals surface area contributed by atoms with E-state index in [2.05, 4.69) is 11.1 Å². The molecule has 0 bridgehead atoms. The number of benzene rings is 2. The van der Waals surface area contributed by atoms with Gasteiger partial charge in [-0.3, -0.25) is 4.79 Å². The number of nitriles is 2. The number of Topliss-reactive ketones (excluding diaryl/α,β-unsaturated/α-hetero) is 1. The number of aryl methyl sites for hydroxylation is 2. The van der Waals surface area contributed by atoms with Gasteiger partial charge in [0.2, 0.25) is 0 Å². The van der Waals surface area contributed by atoms with Crippen LogP contribution in [0.5, 0.6) is 5.75 Å². The molecule has 1 heterocycles. The molecule has 1 aromatic heterocycles. The summed E-state index contributed by atoms with van der Waals surface area (Å²) in [5.41, 5.74) is 9.52. The van der Waals surface area contributed by atoms with Gasteiger partial charge in [0.05, 0.1) is 11.3 Å². The number of nitrogens with zero attached hydrogens (tertiary/aromatic N) is 3. The summed E-state index contributed by atoms with van der Waals surface area (Å²) in [5, 5.41) is 29.4. The molecule has 0 unspecified atom stereocenters. The number of aromatic hydroxyl groups is 1. The van der Waals surface area contributed by atoms with Crippen molar-refractivity contribution in [1.82, 2.24) is 4.98 Å². The number of carbonyl (C=O) groups is 1. The smallest absolute Gasteiger partial charge is 0.173 e. The molecule has 3 N–H and O–H groups in total. The van der Waals surface area contributed by atoms with E-state index in [1.807, 2.05) is 32.0 Å². The third kappa shape index (κ3) is 4.12. The number of nitrogens with two attached hydrogens (primary N) is 1. The zero-order chi connectivity index (χ0) is 21.8. The van der Waals surface area contributed by atoms with Crippen molar-refractivity contribution in [2.24, 2.45) is 0 Å². The number of pyridine rings is 1. The second-order valence-electron chi connectivity index (χ2n) is 6.73. The van der Waals surface area contributed by atoms with Crippen LogP contribution in [-0.2, 0) is 0 Å². The first kappa shape index (κ1) is 20.9. The summed E-state index contributed by atoms with van der Waals surface area (Å²) in [5.74, 6) is -0.0626. The van der Waals surface area contributed by atoms with Gasteiger partial charge in [0.15, 0.2) is 5.78 Å². The van der Waals surface area contributed by atoms with E-state index in [4.69, 9.17) is 5.73 Å². The number of thioether (sulfide) groups is 1. The molecule has 3 rings (SSSR count). The van der Waals surface area contributed by atoms with Crippen LogP contribution < -0.4 is 5.73 Å². The first-order valence-corrected chi connectivity index (χ1v) is 10.0. The van der Waals surface area contributed by atoms with Gasteiger partial charge in [-0.15, -0.1) is 0 Å². The molecule has 0 spiro atoms. The fourth-order valence-corrected chi connectivity index (χ4v) is 4.07. The molecule has 2 aromatic carbocycles. The Morgan fingerprint density at radius 1 is 1.13 bits per heavy atom. The second-order valence-corrected chi connectivity index (χ2v) is 7.70. The Kier molecular flexibility index (Phi) is 6.06. The Morgan fingerprint density at radius 3 is 2.50 bits per heavy atom. The number of carbonyl (C=O) groups excluding carboxylic acids is 1. The van der Waals surface area contributed by atoms with Crippen molar-refractivity contribution in [1.29, 1.82) is 10.5 Å². The minimum Gasteiger partial charge on any atom is -0.508 e. The highest BCUT2D eigenvalue weighted by Gasteiger charge is 2.22. The average molecular weight is 414 g/mol. The van der Waals surface area contributed by atoms with Crippen molar-refractivity contribution in [2.45, 2.75) is 18.9 Å². The van der Waals surface area contributed by atoms with Gasteiger partial charge >= 0.3 is 0 Å². The van der Waals surface area contributed by atoms with E-state index < -0.39 is 0 Å². The van der Waals surface area contributed by atoms with E-state index in [-0.39, 0.29) is 39.3 Å². The van der Waals surface area contributed by atoms with E-state index in [1.165, 1.54) is 12.1 Å². The van der Waals surface area contributed by atoms with Crippen molar-refractivity contribution in [3.05, 3.63) is 70.3 Å². The number of phenols is 1. The first-order valence-electron chi connectivity index (χ1n) is 9.02. The summed E-state index contributed by atoms with van der Waals surface area (Å²) in [6.07, 6.45) is 0. The third-order valence-electron chi connectivity index (χ3n) is 4.57. The molecule has 7 heteroatoms. The number of hydrogen-bond acceptors (Lipinski definition) is 7. The number of aromatic nitrogens is 1. The average Bonchev–Trinajstić information content (AvgIpc) is 2.71. The maximum atomic E-state index is 12.7. The SMILES string of the molecule is Cc1ccc(C(=O)CSc2nc(N)c(C#N)c(-c3cccc(O)c3)c2C#N)c(C)c1. The molecule has 0 aliphatic heterocycles. The first-order chi connectivity index (χ1) is 14.3. The largest absolute Gasteiger partial charge is 0.508 e. The summed E-state index contributed by atoms with van der Waals surface area (Å²) in [6, 6.07) is 15.9. The van der Waals surface area contributed by atoms with Gasteiger partial charge in [-0.2, -0.15) is 10.5 Å². The third-order valence-corrected chi connectivity index (χ3v) is 5.55.